The molecule has 0 fully saturated rings. The zero-order chi connectivity index (χ0) is 14.5. The van der Waals surface area contributed by atoms with E-state index in [0.29, 0.717) is 10.8 Å². The molecule has 0 amide bonds. The van der Waals surface area contributed by atoms with Gasteiger partial charge in [-0.2, -0.15) is 0 Å². The second-order valence-corrected chi connectivity index (χ2v) is 7.09. The van der Waals surface area contributed by atoms with Gasteiger partial charge in [0.1, 0.15) is 15.7 Å². The maximum absolute atomic E-state index is 12.0. The second-order valence-electron chi connectivity index (χ2n) is 4.34. The average Bonchev–Trinajstić information content (AvgIpc) is 2.75. The van der Waals surface area contributed by atoms with Crippen LogP contribution in [0.15, 0.2) is 34.2 Å². The minimum absolute atomic E-state index is 0.0562. The molecule has 0 saturated carbocycles. The van der Waals surface area contributed by atoms with E-state index in [1.54, 1.807) is 10.7 Å². The van der Waals surface area contributed by atoms with Crippen molar-refractivity contribution in [1.82, 2.24) is 14.4 Å². The number of hydrogen-bond donors (Lipinski definition) is 1. The van der Waals surface area contributed by atoms with Gasteiger partial charge in [0.15, 0.2) is 9.84 Å². The molecule has 0 aliphatic heterocycles. The quantitative estimate of drug-likeness (QED) is 0.571. The lowest BCUT2D eigenvalue weighted by Crippen LogP contribution is -2.11. The molecule has 3 aromatic rings. The van der Waals surface area contributed by atoms with Crippen LogP contribution in [0.3, 0.4) is 0 Å². The van der Waals surface area contributed by atoms with Crippen molar-refractivity contribution in [3.63, 3.8) is 0 Å². The topological polar surface area (TPSA) is 90.3 Å². The van der Waals surface area contributed by atoms with Gasteiger partial charge in [-0.25, -0.2) is 18.4 Å². The SMILES string of the molecule is CSc1nc2nc3ccccc3n2c(N)c1S(C)(=O)=O. The van der Waals surface area contributed by atoms with E-state index in [4.69, 9.17) is 5.73 Å². The first-order valence-electron chi connectivity index (χ1n) is 5.74. The van der Waals surface area contributed by atoms with Crippen LogP contribution < -0.4 is 5.73 Å². The Morgan fingerprint density at radius 2 is 1.95 bits per heavy atom. The molecule has 0 radical (unpaired) electrons. The molecule has 0 bridgehead atoms. The van der Waals surface area contributed by atoms with Gasteiger partial charge in [-0.05, 0) is 18.4 Å². The molecule has 2 heterocycles. The zero-order valence-electron chi connectivity index (χ0n) is 10.9. The molecule has 2 aromatic heterocycles. The lowest BCUT2D eigenvalue weighted by molar-refractivity contribution is 0.598. The van der Waals surface area contributed by atoms with Crippen LogP contribution in [-0.2, 0) is 9.84 Å². The Labute approximate surface area is 119 Å². The number of hydrogen-bond acceptors (Lipinski definition) is 6. The summed E-state index contributed by atoms with van der Waals surface area (Å²) in [5.41, 5.74) is 7.55. The van der Waals surface area contributed by atoms with Gasteiger partial charge in [-0.1, -0.05) is 12.1 Å². The van der Waals surface area contributed by atoms with Crippen LogP contribution in [-0.4, -0.2) is 35.3 Å². The summed E-state index contributed by atoms with van der Waals surface area (Å²) in [5.74, 6) is 0.552. The van der Waals surface area contributed by atoms with Gasteiger partial charge in [-0.3, -0.25) is 4.40 Å². The fourth-order valence-electron chi connectivity index (χ4n) is 2.17. The van der Waals surface area contributed by atoms with Crippen LogP contribution in [0, 0.1) is 0 Å². The number of nitrogens with zero attached hydrogens (tertiary/aromatic N) is 3. The first-order chi connectivity index (χ1) is 9.43. The van der Waals surface area contributed by atoms with Crippen LogP contribution in [0.4, 0.5) is 5.82 Å². The minimum Gasteiger partial charge on any atom is -0.384 e. The van der Waals surface area contributed by atoms with Crippen LogP contribution in [0.1, 0.15) is 0 Å². The van der Waals surface area contributed by atoms with E-state index >= 15 is 0 Å². The Morgan fingerprint density at radius 3 is 2.60 bits per heavy atom. The highest BCUT2D eigenvalue weighted by molar-refractivity contribution is 7.99. The van der Waals surface area contributed by atoms with E-state index < -0.39 is 9.84 Å². The lowest BCUT2D eigenvalue weighted by Gasteiger charge is -2.10. The molecule has 3 rings (SSSR count). The minimum atomic E-state index is -3.47. The van der Waals surface area contributed by atoms with E-state index in [1.165, 1.54) is 11.8 Å². The summed E-state index contributed by atoms with van der Waals surface area (Å²) >= 11 is 1.24. The van der Waals surface area contributed by atoms with Crippen molar-refractivity contribution in [2.24, 2.45) is 0 Å². The Bertz CT molecular complexity index is 931. The van der Waals surface area contributed by atoms with Gasteiger partial charge in [0.05, 0.1) is 11.0 Å². The molecular formula is C12H12N4O2S2. The van der Waals surface area contributed by atoms with E-state index in [2.05, 4.69) is 9.97 Å². The molecule has 0 aliphatic rings. The monoisotopic (exact) mass is 308 g/mol. The largest absolute Gasteiger partial charge is 0.384 e. The number of nitrogens with two attached hydrogens (primary N) is 1. The Kier molecular flexibility index (Phi) is 2.87. The summed E-state index contributed by atoms with van der Waals surface area (Å²) in [4.78, 5) is 8.74. The number of imidazole rings is 1. The highest BCUT2D eigenvalue weighted by atomic mass is 32.2. The summed E-state index contributed by atoms with van der Waals surface area (Å²) in [6.07, 6.45) is 2.89. The molecule has 104 valence electrons. The van der Waals surface area contributed by atoms with Crippen LogP contribution in [0.25, 0.3) is 16.8 Å². The second kappa shape index (κ2) is 4.35. The first-order valence-corrected chi connectivity index (χ1v) is 8.86. The van der Waals surface area contributed by atoms with E-state index in [0.717, 1.165) is 17.3 Å². The van der Waals surface area contributed by atoms with Crippen molar-refractivity contribution in [3.8, 4) is 0 Å². The zero-order valence-corrected chi connectivity index (χ0v) is 12.5. The number of sulfone groups is 1. The fourth-order valence-corrected chi connectivity index (χ4v) is 4.17. The molecule has 6 nitrogen and oxygen atoms in total. The van der Waals surface area contributed by atoms with Crippen molar-refractivity contribution in [1.29, 1.82) is 0 Å². The van der Waals surface area contributed by atoms with Crippen molar-refractivity contribution in [3.05, 3.63) is 24.3 Å². The number of fused-ring (bicyclic) bond motifs is 3. The Hall–Kier alpha value is -1.80. The maximum atomic E-state index is 12.0. The van der Waals surface area contributed by atoms with Crippen LogP contribution in [0.5, 0.6) is 0 Å². The van der Waals surface area contributed by atoms with Crippen molar-refractivity contribution in [2.75, 3.05) is 18.2 Å². The predicted octanol–water partition coefficient (Wildman–Crippen LogP) is 1.59. The molecule has 20 heavy (non-hydrogen) atoms. The maximum Gasteiger partial charge on any atom is 0.237 e. The summed E-state index contributed by atoms with van der Waals surface area (Å²) in [7, 11) is -3.47. The lowest BCUT2D eigenvalue weighted by atomic mass is 10.3. The standard InChI is InChI=1S/C12H12N4O2S2/c1-19-11-9(20(2,17)18)10(13)16-8-6-4-3-5-7(8)14-12(16)15-11/h3-6H,13H2,1-2H3. The highest BCUT2D eigenvalue weighted by Crippen LogP contribution is 2.31. The van der Waals surface area contributed by atoms with Gasteiger partial charge in [-0.15, -0.1) is 11.8 Å². The number of anilines is 1. The molecule has 0 spiro atoms. The third kappa shape index (κ3) is 1.83. The molecule has 1 aromatic carbocycles. The van der Waals surface area contributed by atoms with Gasteiger partial charge in [0.25, 0.3) is 0 Å². The summed E-state index contributed by atoms with van der Waals surface area (Å²) in [5, 5.41) is 0.368. The summed E-state index contributed by atoms with van der Waals surface area (Å²) < 4.78 is 25.5. The molecule has 0 saturated heterocycles. The number of nitrogen functional groups attached to an aromatic ring is 1. The molecule has 0 aliphatic carbocycles. The van der Waals surface area contributed by atoms with Gasteiger partial charge in [0.2, 0.25) is 5.78 Å². The number of rotatable bonds is 2. The normalized spacial score (nSPS) is 12.3. The molecular weight excluding hydrogens is 296 g/mol. The Morgan fingerprint density at radius 1 is 1.25 bits per heavy atom. The van der Waals surface area contributed by atoms with Crippen LogP contribution in [0.2, 0.25) is 0 Å². The smallest absolute Gasteiger partial charge is 0.237 e. The van der Waals surface area contributed by atoms with Crippen molar-refractivity contribution in [2.45, 2.75) is 9.92 Å². The number of para-hydroxylation sites is 2. The van der Waals surface area contributed by atoms with Gasteiger partial charge in [0, 0.05) is 6.26 Å². The summed E-state index contributed by atoms with van der Waals surface area (Å²) in [6.45, 7) is 0. The predicted molar refractivity (Wildman–Crippen MR) is 79.8 cm³/mol. The molecule has 0 unspecified atom stereocenters. The van der Waals surface area contributed by atoms with Crippen LogP contribution >= 0.6 is 11.8 Å². The number of benzene rings is 1. The van der Waals surface area contributed by atoms with Crippen molar-refractivity contribution < 1.29 is 8.42 Å². The fraction of sp³-hybridized carbons (Fsp3) is 0.167. The first kappa shape index (κ1) is 13.2. The highest BCUT2D eigenvalue weighted by Gasteiger charge is 2.23. The summed E-state index contributed by atoms with van der Waals surface area (Å²) in [6, 6.07) is 7.37. The third-order valence-corrected chi connectivity index (χ3v) is 4.93. The van der Waals surface area contributed by atoms with E-state index in [9.17, 15) is 8.42 Å². The Balaban J connectivity index is 2.58. The van der Waals surface area contributed by atoms with E-state index in [1.807, 2.05) is 24.3 Å². The number of thioether (sulfide) groups is 1. The van der Waals surface area contributed by atoms with Gasteiger partial charge >= 0.3 is 0 Å². The molecule has 8 heteroatoms. The van der Waals surface area contributed by atoms with Crippen molar-refractivity contribution >= 4 is 44.2 Å². The third-order valence-electron chi connectivity index (χ3n) is 2.98. The van der Waals surface area contributed by atoms with E-state index in [-0.39, 0.29) is 10.7 Å². The molecule has 0 atom stereocenters. The number of aromatic nitrogens is 3. The average molecular weight is 308 g/mol. The molecule has 2 N–H and O–H groups in total. The van der Waals surface area contributed by atoms with Gasteiger partial charge < -0.3 is 5.73 Å².